The maximum atomic E-state index is 11.8. The number of halogens is 2. The standard InChI is InChI=1S/C10H7Cl2N3OS/c1-17-10-13-9(16)8(14-15-10)5-3-2-4-6(11)7(5)12/h2-4H,1H3,(H,13,15,16). The van der Waals surface area contributed by atoms with E-state index in [0.29, 0.717) is 20.8 Å². The molecule has 2 rings (SSSR count). The predicted octanol–water partition coefficient (Wildman–Crippen LogP) is 2.86. The van der Waals surface area contributed by atoms with Crippen LogP contribution in [0.3, 0.4) is 0 Å². The first-order valence-electron chi connectivity index (χ1n) is 4.59. The third kappa shape index (κ3) is 2.46. The smallest absolute Gasteiger partial charge is 0.278 e. The third-order valence-electron chi connectivity index (χ3n) is 2.08. The van der Waals surface area contributed by atoms with Crippen molar-refractivity contribution in [1.82, 2.24) is 15.2 Å². The molecule has 0 unspecified atom stereocenters. The van der Waals surface area contributed by atoms with Crippen LogP contribution in [0.4, 0.5) is 0 Å². The Hall–Kier alpha value is -1.04. The average Bonchev–Trinajstić information content (AvgIpc) is 2.33. The molecule has 0 aliphatic heterocycles. The molecule has 0 saturated heterocycles. The van der Waals surface area contributed by atoms with Gasteiger partial charge in [0, 0.05) is 5.56 Å². The van der Waals surface area contributed by atoms with Crippen molar-refractivity contribution in [3.05, 3.63) is 38.6 Å². The fraction of sp³-hybridized carbons (Fsp3) is 0.100. The molecule has 0 saturated carbocycles. The van der Waals surface area contributed by atoms with Crippen molar-refractivity contribution < 1.29 is 0 Å². The van der Waals surface area contributed by atoms with Gasteiger partial charge in [0.15, 0.2) is 10.9 Å². The van der Waals surface area contributed by atoms with E-state index < -0.39 is 0 Å². The Morgan fingerprint density at radius 3 is 2.71 bits per heavy atom. The number of nitrogens with one attached hydrogen (secondary N) is 1. The van der Waals surface area contributed by atoms with Crippen LogP contribution in [0.25, 0.3) is 11.3 Å². The second-order valence-electron chi connectivity index (χ2n) is 3.11. The number of hydrogen-bond donors (Lipinski definition) is 1. The van der Waals surface area contributed by atoms with Gasteiger partial charge in [-0.2, -0.15) is 0 Å². The molecule has 0 fully saturated rings. The van der Waals surface area contributed by atoms with E-state index in [0.717, 1.165) is 0 Å². The highest BCUT2D eigenvalue weighted by Gasteiger charge is 2.12. The molecular formula is C10H7Cl2N3OS. The van der Waals surface area contributed by atoms with Crippen LogP contribution >= 0.6 is 35.0 Å². The minimum absolute atomic E-state index is 0.162. The van der Waals surface area contributed by atoms with Crippen molar-refractivity contribution in [2.24, 2.45) is 0 Å². The van der Waals surface area contributed by atoms with Crippen LogP contribution in [0.1, 0.15) is 0 Å². The molecule has 0 spiro atoms. The van der Waals surface area contributed by atoms with Crippen molar-refractivity contribution >= 4 is 35.0 Å². The normalized spacial score (nSPS) is 10.5. The first-order chi connectivity index (χ1) is 8.13. The van der Waals surface area contributed by atoms with Gasteiger partial charge >= 0.3 is 0 Å². The Bertz CT molecular complexity index is 615. The second-order valence-corrected chi connectivity index (χ2v) is 4.69. The molecule has 1 N–H and O–H groups in total. The van der Waals surface area contributed by atoms with Crippen molar-refractivity contribution in [3.63, 3.8) is 0 Å². The molecule has 1 aromatic carbocycles. The summed E-state index contributed by atoms with van der Waals surface area (Å²) >= 11 is 13.2. The van der Waals surface area contributed by atoms with Gasteiger partial charge in [-0.1, -0.05) is 47.1 Å². The summed E-state index contributed by atoms with van der Waals surface area (Å²) in [4.78, 5) is 14.4. The fourth-order valence-electron chi connectivity index (χ4n) is 1.28. The van der Waals surface area contributed by atoms with E-state index in [1.54, 1.807) is 24.5 Å². The molecule has 88 valence electrons. The first-order valence-corrected chi connectivity index (χ1v) is 6.57. The Balaban J connectivity index is 2.61. The van der Waals surface area contributed by atoms with Crippen molar-refractivity contribution in [3.8, 4) is 11.3 Å². The van der Waals surface area contributed by atoms with Crippen LogP contribution in [0.15, 0.2) is 28.2 Å². The number of rotatable bonds is 2. The molecule has 17 heavy (non-hydrogen) atoms. The van der Waals surface area contributed by atoms with Gasteiger partial charge in [0.2, 0.25) is 0 Å². The number of H-pyrrole nitrogens is 1. The average molecular weight is 288 g/mol. The van der Waals surface area contributed by atoms with E-state index in [4.69, 9.17) is 23.2 Å². The van der Waals surface area contributed by atoms with E-state index >= 15 is 0 Å². The number of aromatic amines is 1. The van der Waals surface area contributed by atoms with E-state index in [1.807, 2.05) is 0 Å². The molecule has 1 aromatic heterocycles. The summed E-state index contributed by atoms with van der Waals surface area (Å²) < 4.78 is 0. The summed E-state index contributed by atoms with van der Waals surface area (Å²) in [7, 11) is 0. The molecule has 0 amide bonds. The topological polar surface area (TPSA) is 58.6 Å². The Labute approximate surface area is 111 Å². The van der Waals surface area contributed by atoms with Crippen LogP contribution in [-0.2, 0) is 0 Å². The van der Waals surface area contributed by atoms with Gasteiger partial charge in [0.1, 0.15) is 0 Å². The number of aromatic nitrogens is 3. The Morgan fingerprint density at radius 1 is 1.29 bits per heavy atom. The lowest BCUT2D eigenvalue weighted by Gasteiger charge is -2.03. The monoisotopic (exact) mass is 287 g/mol. The fourth-order valence-corrected chi connectivity index (χ4v) is 1.98. The van der Waals surface area contributed by atoms with Gasteiger partial charge in [-0.3, -0.25) is 9.78 Å². The summed E-state index contributed by atoms with van der Waals surface area (Å²) in [6, 6.07) is 5.02. The van der Waals surface area contributed by atoms with Gasteiger partial charge in [-0.25, -0.2) is 0 Å². The van der Waals surface area contributed by atoms with Crippen LogP contribution in [0.2, 0.25) is 10.0 Å². The van der Waals surface area contributed by atoms with Crippen LogP contribution in [0.5, 0.6) is 0 Å². The summed E-state index contributed by atoms with van der Waals surface area (Å²) in [5.74, 6) is 0. The minimum Gasteiger partial charge on any atom is -0.298 e. The van der Waals surface area contributed by atoms with Crippen LogP contribution in [-0.4, -0.2) is 21.4 Å². The van der Waals surface area contributed by atoms with Crippen molar-refractivity contribution in [1.29, 1.82) is 0 Å². The lowest BCUT2D eigenvalue weighted by molar-refractivity contribution is 0.826. The van der Waals surface area contributed by atoms with E-state index in [9.17, 15) is 4.79 Å². The largest absolute Gasteiger partial charge is 0.298 e. The lowest BCUT2D eigenvalue weighted by Crippen LogP contribution is -2.14. The molecule has 4 nitrogen and oxygen atoms in total. The highest BCUT2D eigenvalue weighted by atomic mass is 35.5. The first kappa shape index (κ1) is 12.4. The molecule has 1 heterocycles. The summed E-state index contributed by atoms with van der Waals surface area (Å²) in [5, 5.41) is 8.85. The summed E-state index contributed by atoms with van der Waals surface area (Å²) in [6.07, 6.45) is 1.80. The number of hydrogen-bond acceptors (Lipinski definition) is 4. The van der Waals surface area contributed by atoms with Crippen molar-refractivity contribution in [2.75, 3.05) is 6.26 Å². The quantitative estimate of drug-likeness (QED) is 0.863. The highest BCUT2D eigenvalue weighted by Crippen LogP contribution is 2.30. The van der Waals surface area contributed by atoms with Gasteiger partial charge in [0.25, 0.3) is 5.56 Å². The predicted molar refractivity (Wildman–Crippen MR) is 69.9 cm³/mol. The van der Waals surface area contributed by atoms with Crippen LogP contribution < -0.4 is 5.56 Å². The highest BCUT2D eigenvalue weighted by molar-refractivity contribution is 7.98. The van der Waals surface area contributed by atoms with Gasteiger partial charge < -0.3 is 0 Å². The number of benzene rings is 1. The van der Waals surface area contributed by atoms with Gasteiger partial charge in [-0.15, -0.1) is 10.2 Å². The Kier molecular flexibility index (Phi) is 3.71. The molecular weight excluding hydrogens is 281 g/mol. The maximum Gasteiger partial charge on any atom is 0.278 e. The summed E-state index contributed by atoms with van der Waals surface area (Å²) in [6.45, 7) is 0. The van der Waals surface area contributed by atoms with E-state index in [1.165, 1.54) is 11.8 Å². The zero-order valence-electron chi connectivity index (χ0n) is 8.70. The van der Waals surface area contributed by atoms with Gasteiger partial charge in [0.05, 0.1) is 10.0 Å². The zero-order chi connectivity index (χ0) is 12.4. The molecule has 7 heteroatoms. The Morgan fingerprint density at radius 2 is 2.06 bits per heavy atom. The zero-order valence-corrected chi connectivity index (χ0v) is 11.0. The third-order valence-corrected chi connectivity index (χ3v) is 3.47. The van der Waals surface area contributed by atoms with Gasteiger partial charge in [-0.05, 0) is 12.3 Å². The van der Waals surface area contributed by atoms with E-state index in [-0.39, 0.29) is 11.3 Å². The number of nitrogens with zero attached hydrogens (tertiary/aromatic N) is 2. The molecule has 0 aliphatic carbocycles. The molecule has 0 bridgehead atoms. The molecule has 0 aliphatic rings. The molecule has 2 aromatic rings. The SMILES string of the molecule is CSc1nnc(-c2cccc(Cl)c2Cl)c(=O)[nH]1. The minimum atomic E-state index is -0.339. The molecule has 0 atom stereocenters. The van der Waals surface area contributed by atoms with E-state index in [2.05, 4.69) is 15.2 Å². The summed E-state index contributed by atoms with van der Waals surface area (Å²) in [5.41, 5.74) is 0.296. The van der Waals surface area contributed by atoms with Crippen LogP contribution in [0, 0.1) is 0 Å². The maximum absolute atomic E-state index is 11.8. The number of thioether (sulfide) groups is 1. The lowest BCUT2D eigenvalue weighted by atomic mass is 10.1. The second kappa shape index (κ2) is 5.08. The molecule has 0 radical (unpaired) electrons. The van der Waals surface area contributed by atoms with Crippen molar-refractivity contribution in [2.45, 2.75) is 5.16 Å².